The van der Waals surface area contributed by atoms with Crippen LogP contribution in [0.2, 0.25) is 5.02 Å². The van der Waals surface area contributed by atoms with Crippen molar-refractivity contribution < 1.29 is 4.39 Å². The van der Waals surface area contributed by atoms with Crippen molar-refractivity contribution in [3.63, 3.8) is 0 Å². The lowest BCUT2D eigenvalue weighted by Gasteiger charge is -2.03. The van der Waals surface area contributed by atoms with Gasteiger partial charge in [0.05, 0.1) is 16.1 Å². The fraction of sp³-hybridized carbons (Fsp3) is 0.0714. The van der Waals surface area contributed by atoms with Crippen LogP contribution in [0.25, 0.3) is 11.0 Å². The third kappa shape index (κ3) is 2.78. The predicted molar refractivity (Wildman–Crippen MR) is 82.5 cm³/mol. The third-order valence-electron chi connectivity index (χ3n) is 2.89. The zero-order valence-electron chi connectivity index (χ0n) is 10.3. The van der Waals surface area contributed by atoms with Crippen LogP contribution < -0.4 is 5.32 Å². The molecule has 0 fully saturated rings. The van der Waals surface area contributed by atoms with Gasteiger partial charge < -0.3 is 10.3 Å². The van der Waals surface area contributed by atoms with Gasteiger partial charge in [0, 0.05) is 11.0 Å². The second-order valence-electron chi connectivity index (χ2n) is 4.35. The van der Waals surface area contributed by atoms with Gasteiger partial charge in [-0.05, 0) is 35.9 Å². The van der Waals surface area contributed by atoms with Crippen LogP contribution in [0.3, 0.4) is 0 Å². The SMILES string of the molecule is Fc1ccc(CNc2nc3ccc(Br)cc3[nH]2)cc1Cl. The van der Waals surface area contributed by atoms with Gasteiger partial charge in [-0.25, -0.2) is 9.37 Å². The first-order valence-electron chi connectivity index (χ1n) is 5.95. The highest BCUT2D eigenvalue weighted by atomic mass is 79.9. The Hall–Kier alpha value is -1.59. The van der Waals surface area contributed by atoms with Crippen molar-refractivity contribution in [2.24, 2.45) is 0 Å². The van der Waals surface area contributed by atoms with E-state index in [4.69, 9.17) is 11.6 Å². The van der Waals surface area contributed by atoms with Gasteiger partial charge in [0.25, 0.3) is 0 Å². The molecule has 0 radical (unpaired) electrons. The van der Waals surface area contributed by atoms with E-state index in [0.717, 1.165) is 21.1 Å². The molecule has 3 nitrogen and oxygen atoms in total. The number of nitrogens with one attached hydrogen (secondary N) is 2. The lowest BCUT2D eigenvalue weighted by molar-refractivity contribution is 0.627. The summed E-state index contributed by atoms with van der Waals surface area (Å²) in [6, 6.07) is 10.5. The molecule has 3 aromatic rings. The lowest BCUT2D eigenvalue weighted by Crippen LogP contribution is -2.01. The molecule has 102 valence electrons. The molecular weight excluding hydrogens is 345 g/mol. The second kappa shape index (κ2) is 5.42. The normalized spacial score (nSPS) is 10.9. The van der Waals surface area contributed by atoms with E-state index in [2.05, 4.69) is 31.2 Å². The number of benzene rings is 2. The van der Waals surface area contributed by atoms with Crippen molar-refractivity contribution in [1.82, 2.24) is 9.97 Å². The Morgan fingerprint density at radius 3 is 2.90 bits per heavy atom. The first kappa shape index (κ1) is 13.4. The molecular formula is C14H10BrClFN3. The fourth-order valence-electron chi connectivity index (χ4n) is 1.90. The van der Waals surface area contributed by atoms with Crippen LogP contribution >= 0.6 is 27.5 Å². The summed E-state index contributed by atoms with van der Waals surface area (Å²) in [5.41, 5.74) is 2.71. The first-order valence-corrected chi connectivity index (χ1v) is 7.12. The molecule has 6 heteroatoms. The molecule has 0 saturated carbocycles. The molecule has 1 aromatic heterocycles. The molecule has 0 aliphatic heterocycles. The van der Waals surface area contributed by atoms with E-state index in [0.29, 0.717) is 12.5 Å². The molecule has 0 aliphatic rings. The molecule has 0 unspecified atom stereocenters. The van der Waals surface area contributed by atoms with E-state index >= 15 is 0 Å². The smallest absolute Gasteiger partial charge is 0.201 e. The minimum Gasteiger partial charge on any atom is -0.352 e. The maximum absolute atomic E-state index is 13.1. The summed E-state index contributed by atoms with van der Waals surface area (Å²) < 4.78 is 14.1. The van der Waals surface area contributed by atoms with E-state index in [1.807, 2.05) is 18.2 Å². The van der Waals surface area contributed by atoms with E-state index in [1.54, 1.807) is 12.1 Å². The zero-order chi connectivity index (χ0) is 14.1. The molecule has 0 saturated heterocycles. The van der Waals surface area contributed by atoms with E-state index in [1.165, 1.54) is 6.07 Å². The number of rotatable bonds is 3. The number of H-pyrrole nitrogens is 1. The highest BCUT2D eigenvalue weighted by Gasteiger charge is 2.04. The van der Waals surface area contributed by atoms with Crippen molar-refractivity contribution in [3.05, 3.63) is 57.3 Å². The zero-order valence-corrected chi connectivity index (χ0v) is 12.6. The number of anilines is 1. The van der Waals surface area contributed by atoms with Crippen LogP contribution in [-0.2, 0) is 6.54 Å². The average Bonchev–Trinajstić information content (AvgIpc) is 2.82. The van der Waals surface area contributed by atoms with E-state index in [-0.39, 0.29) is 5.02 Å². The first-order chi connectivity index (χ1) is 9.61. The van der Waals surface area contributed by atoms with Gasteiger partial charge in [-0.3, -0.25) is 0 Å². The van der Waals surface area contributed by atoms with Gasteiger partial charge in [-0.15, -0.1) is 0 Å². The maximum atomic E-state index is 13.1. The Bertz CT molecular complexity index is 772. The quantitative estimate of drug-likeness (QED) is 0.714. The van der Waals surface area contributed by atoms with Crippen molar-refractivity contribution in [2.75, 3.05) is 5.32 Å². The van der Waals surface area contributed by atoms with Gasteiger partial charge in [0.15, 0.2) is 0 Å². The van der Waals surface area contributed by atoms with Gasteiger partial charge >= 0.3 is 0 Å². The highest BCUT2D eigenvalue weighted by molar-refractivity contribution is 9.10. The Balaban J connectivity index is 1.77. The number of nitrogens with zero attached hydrogens (tertiary/aromatic N) is 1. The van der Waals surface area contributed by atoms with Gasteiger partial charge in [-0.1, -0.05) is 33.6 Å². The Labute approximate surface area is 128 Å². The Kier molecular flexibility index (Phi) is 3.63. The third-order valence-corrected chi connectivity index (χ3v) is 3.67. The molecule has 3 rings (SSSR count). The largest absolute Gasteiger partial charge is 0.352 e. The maximum Gasteiger partial charge on any atom is 0.201 e. The summed E-state index contributed by atoms with van der Waals surface area (Å²) in [7, 11) is 0. The van der Waals surface area contributed by atoms with Crippen LogP contribution in [0.4, 0.5) is 10.3 Å². The van der Waals surface area contributed by atoms with Gasteiger partial charge in [0.2, 0.25) is 5.95 Å². The minimum absolute atomic E-state index is 0.123. The summed E-state index contributed by atoms with van der Waals surface area (Å²) in [6.07, 6.45) is 0. The number of aromatic nitrogens is 2. The molecule has 2 aromatic carbocycles. The molecule has 1 heterocycles. The van der Waals surface area contributed by atoms with Crippen LogP contribution in [0.15, 0.2) is 40.9 Å². The molecule has 20 heavy (non-hydrogen) atoms. The van der Waals surface area contributed by atoms with Crippen LogP contribution in [-0.4, -0.2) is 9.97 Å². The Morgan fingerprint density at radius 1 is 1.25 bits per heavy atom. The average molecular weight is 355 g/mol. The molecule has 0 atom stereocenters. The van der Waals surface area contributed by atoms with E-state index in [9.17, 15) is 4.39 Å². The summed E-state index contributed by atoms with van der Waals surface area (Å²) in [5, 5.41) is 3.28. The highest BCUT2D eigenvalue weighted by Crippen LogP contribution is 2.20. The number of hydrogen-bond acceptors (Lipinski definition) is 2. The number of fused-ring (bicyclic) bond motifs is 1. The molecule has 0 aliphatic carbocycles. The van der Waals surface area contributed by atoms with Crippen LogP contribution in [0, 0.1) is 5.82 Å². The van der Waals surface area contributed by atoms with Crippen LogP contribution in [0.1, 0.15) is 5.56 Å². The molecule has 0 amide bonds. The molecule has 0 bridgehead atoms. The van der Waals surface area contributed by atoms with E-state index < -0.39 is 5.82 Å². The monoisotopic (exact) mass is 353 g/mol. The standard InChI is InChI=1S/C14H10BrClFN3/c15-9-2-4-12-13(6-9)20-14(19-12)18-7-8-1-3-11(17)10(16)5-8/h1-6H,7H2,(H2,18,19,20). The topological polar surface area (TPSA) is 40.7 Å². The number of aromatic amines is 1. The number of halogens is 3. The molecule has 2 N–H and O–H groups in total. The minimum atomic E-state index is -0.413. The van der Waals surface area contributed by atoms with Crippen molar-refractivity contribution >= 4 is 44.5 Å². The Morgan fingerprint density at radius 2 is 2.10 bits per heavy atom. The summed E-state index contributed by atoms with van der Waals surface area (Å²) in [4.78, 5) is 7.59. The number of imidazole rings is 1. The summed E-state index contributed by atoms with van der Waals surface area (Å²) in [5.74, 6) is 0.252. The number of hydrogen-bond donors (Lipinski definition) is 2. The summed E-state index contributed by atoms with van der Waals surface area (Å²) >= 11 is 9.16. The van der Waals surface area contributed by atoms with Gasteiger partial charge in [-0.2, -0.15) is 0 Å². The van der Waals surface area contributed by atoms with Gasteiger partial charge in [0.1, 0.15) is 5.82 Å². The fourth-order valence-corrected chi connectivity index (χ4v) is 2.47. The second-order valence-corrected chi connectivity index (χ2v) is 5.67. The lowest BCUT2D eigenvalue weighted by atomic mass is 10.2. The summed E-state index contributed by atoms with van der Waals surface area (Å²) in [6.45, 7) is 0.515. The van der Waals surface area contributed by atoms with Crippen molar-refractivity contribution in [3.8, 4) is 0 Å². The predicted octanol–water partition coefficient (Wildman–Crippen LogP) is 4.73. The molecule has 0 spiro atoms. The van der Waals surface area contributed by atoms with Crippen molar-refractivity contribution in [1.29, 1.82) is 0 Å². The van der Waals surface area contributed by atoms with Crippen LogP contribution in [0.5, 0.6) is 0 Å². The van der Waals surface area contributed by atoms with Crippen molar-refractivity contribution in [2.45, 2.75) is 6.54 Å².